The smallest absolute Gasteiger partial charge is 0.337 e. The molecule has 0 unspecified atom stereocenters. The number of hydrogen-bond donors (Lipinski definition) is 0. The molecule has 1 fully saturated rings. The van der Waals surface area contributed by atoms with Crippen molar-refractivity contribution in [2.24, 2.45) is 0 Å². The summed E-state index contributed by atoms with van der Waals surface area (Å²) in [5.74, 6) is -0.456. The Hall–Kier alpha value is -4.09. The van der Waals surface area contributed by atoms with Crippen LogP contribution in [0.3, 0.4) is 0 Å². The lowest BCUT2D eigenvalue weighted by Crippen LogP contribution is -2.49. The van der Waals surface area contributed by atoms with Gasteiger partial charge in [-0.15, -0.1) is 0 Å². The number of piperazine rings is 1. The molecule has 0 saturated carbocycles. The fraction of sp³-hybridized carbons (Fsp3) is 0.227. The summed E-state index contributed by atoms with van der Waals surface area (Å²) in [6.07, 6.45) is -1.49. The Labute approximate surface area is 190 Å². The molecule has 0 aliphatic carbocycles. The molecule has 34 heavy (non-hydrogen) atoms. The standard InChI is InChI=1S/C22H17F4N7O/c23-15-4-2-14(3-5-15)16-12-18(22(24,25)26)33-19(29-16)13-17(30-33)20(34)31-8-10-32(11-9-31)21-27-6-1-7-28-21/h1-7,12-13H,8-11H2. The highest BCUT2D eigenvalue weighted by Gasteiger charge is 2.36. The van der Waals surface area contributed by atoms with Gasteiger partial charge in [-0.05, 0) is 36.4 Å². The number of halogens is 4. The molecule has 5 rings (SSSR count). The van der Waals surface area contributed by atoms with Gasteiger partial charge in [-0.2, -0.15) is 18.3 Å². The number of rotatable bonds is 3. The van der Waals surface area contributed by atoms with Crippen LogP contribution in [-0.2, 0) is 6.18 Å². The van der Waals surface area contributed by atoms with E-state index in [0.29, 0.717) is 42.2 Å². The van der Waals surface area contributed by atoms with Crippen molar-refractivity contribution in [3.63, 3.8) is 0 Å². The first kappa shape index (κ1) is 21.7. The summed E-state index contributed by atoms with van der Waals surface area (Å²) in [5, 5.41) is 3.93. The van der Waals surface area contributed by atoms with Gasteiger partial charge in [0.1, 0.15) is 5.82 Å². The third kappa shape index (κ3) is 4.14. The highest BCUT2D eigenvalue weighted by Crippen LogP contribution is 2.32. The Morgan fingerprint density at radius 1 is 0.941 bits per heavy atom. The van der Waals surface area contributed by atoms with Crippen LogP contribution in [-0.4, -0.2) is 61.6 Å². The third-order valence-corrected chi connectivity index (χ3v) is 5.48. The van der Waals surface area contributed by atoms with Gasteiger partial charge in [-0.3, -0.25) is 4.79 Å². The summed E-state index contributed by atoms with van der Waals surface area (Å²) in [6, 6.07) is 8.73. The van der Waals surface area contributed by atoms with Gasteiger partial charge in [0.05, 0.1) is 5.69 Å². The molecule has 1 aliphatic rings. The maximum absolute atomic E-state index is 13.8. The van der Waals surface area contributed by atoms with Crippen LogP contribution < -0.4 is 4.90 Å². The van der Waals surface area contributed by atoms with Gasteiger partial charge in [0.15, 0.2) is 17.0 Å². The van der Waals surface area contributed by atoms with Gasteiger partial charge < -0.3 is 9.80 Å². The SMILES string of the molecule is O=C(c1cc2nc(-c3ccc(F)cc3)cc(C(F)(F)F)n2n1)N1CCN(c2ncccn2)CC1. The van der Waals surface area contributed by atoms with Crippen molar-refractivity contribution in [3.05, 3.63) is 72.1 Å². The Bertz CT molecular complexity index is 1330. The van der Waals surface area contributed by atoms with E-state index in [1.807, 2.05) is 4.90 Å². The predicted molar refractivity (Wildman–Crippen MR) is 114 cm³/mol. The molecular weight excluding hydrogens is 454 g/mol. The quantitative estimate of drug-likeness (QED) is 0.427. The highest BCUT2D eigenvalue weighted by molar-refractivity contribution is 5.93. The molecule has 1 amide bonds. The van der Waals surface area contributed by atoms with Crippen LogP contribution in [0.25, 0.3) is 16.9 Å². The van der Waals surface area contributed by atoms with Crippen molar-refractivity contribution < 1.29 is 22.4 Å². The minimum Gasteiger partial charge on any atom is -0.337 e. The molecule has 1 aromatic carbocycles. The molecule has 0 bridgehead atoms. The zero-order chi connectivity index (χ0) is 23.9. The molecule has 0 radical (unpaired) electrons. The topological polar surface area (TPSA) is 79.5 Å². The molecule has 12 heteroatoms. The van der Waals surface area contributed by atoms with Gasteiger partial charge in [0, 0.05) is 50.2 Å². The normalized spacial score (nSPS) is 14.6. The molecule has 1 saturated heterocycles. The Balaban J connectivity index is 1.44. The lowest BCUT2D eigenvalue weighted by atomic mass is 10.1. The van der Waals surface area contributed by atoms with Crippen LogP contribution in [0.15, 0.2) is 54.9 Å². The Morgan fingerprint density at radius 3 is 2.26 bits per heavy atom. The van der Waals surface area contributed by atoms with E-state index in [9.17, 15) is 22.4 Å². The first-order chi connectivity index (χ1) is 16.3. The number of benzene rings is 1. The van der Waals surface area contributed by atoms with Crippen LogP contribution in [0.4, 0.5) is 23.5 Å². The molecule has 4 heterocycles. The van der Waals surface area contributed by atoms with E-state index in [-0.39, 0.29) is 17.0 Å². The lowest BCUT2D eigenvalue weighted by molar-refractivity contribution is -0.142. The molecule has 8 nitrogen and oxygen atoms in total. The summed E-state index contributed by atoms with van der Waals surface area (Å²) in [4.78, 5) is 29.1. The lowest BCUT2D eigenvalue weighted by Gasteiger charge is -2.34. The molecule has 1 aliphatic heterocycles. The average Bonchev–Trinajstić information content (AvgIpc) is 3.27. The van der Waals surface area contributed by atoms with Gasteiger partial charge in [0.2, 0.25) is 5.95 Å². The number of nitrogens with zero attached hydrogens (tertiary/aromatic N) is 7. The van der Waals surface area contributed by atoms with Gasteiger partial charge in [0.25, 0.3) is 5.91 Å². The zero-order valence-corrected chi connectivity index (χ0v) is 17.6. The van der Waals surface area contributed by atoms with Crippen molar-refractivity contribution in [3.8, 4) is 11.3 Å². The minimum atomic E-state index is -4.75. The van der Waals surface area contributed by atoms with E-state index in [1.54, 1.807) is 18.5 Å². The second-order valence-corrected chi connectivity index (χ2v) is 7.66. The molecular formula is C22H17F4N7O. The molecule has 3 aromatic heterocycles. The summed E-state index contributed by atoms with van der Waals surface area (Å²) in [7, 11) is 0. The molecule has 174 valence electrons. The van der Waals surface area contributed by atoms with Crippen molar-refractivity contribution in [1.29, 1.82) is 0 Å². The number of amides is 1. The average molecular weight is 471 g/mol. The van der Waals surface area contributed by atoms with Crippen LogP contribution >= 0.6 is 0 Å². The fourth-order valence-corrected chi connectivity index (χ4v) is 3.78. The highest BCUT2D eigenvalue weighted by atomic mass is 19.4. The van der Waals surface area contributed by atoms with Crippen molar-refractivity contribution in [1.82, 2.24) is 29.5 Å². The second kappa shape index (κ2) is 8.36. The summed E-state index contributed by atoms with van der Waals surface area (Å²) in [6.45, 7) is 1.63. The van der Waals surface area contributed by atoms with Crippen LogP contribution in [0.2, 0.25) is 0 Å². The summed E-state index contributed by atoms with van der Waals surface area (Å²) >= 11 is 0. The van der Waals surface area contributed by atoms with Crippen LogP contribution in [0.1, 0.15) is 16.2 Å². The van der Waals surface area contributed by atoms with Crippen LogP contribution in [0, 0.1) is 5.82 Å². The Kier molecular flexibility index (Phi) is 5.34. The molecule has 0 N–H and O–H groups in total. The largest absolute Gasteiger partial charge is 0.433 e. The van der Waals surface area contributed by atoms with E-state index in [0.717, 1.165) is 18.2 Å². The maximum atomic E-state index is 13.8. The van der Waals surface area contributed by atoms with E-state index >= 15 is 0 Å². The van der Waals surface area contributed by atoms with E-state index < -0.39 is 23.6 Å². The van der Waals surface area contributed by atoms with Crippen molar-refractivity contribution >= 4 is 17.5 Å². The maximum Gasteiger partial charge on any atom is 0.433 e. The summed E-state index contributed by atoms with van der Waals surface area (Å²) in [5.41, 5.74) is -1.05. The molecule has 0 spiro atoms. The number of alkyl halides is 3. The number of carbonyl (C=O) groups excluding carboxylic acids is 1. The first-order valence-corrected chi connectivity index (χ1v) is 10.3. The number of hydrogen-bond acceptors (Lipinski definition) is 6. The number of aromatic nitrogens is 5. The zero-order valence-electron chi connectivity index (χ0n) is 17.6. The van der Waals surface area contributed by atoms with Gasteiger partial charge in [-0.25, -0.2) is 23.9 Å². The molecule has 0 atom stereocenters. The van der Waals surface area contributed by atoms with Gasteiger partial charge >= 0.3 is 6.18 Å². The number of fused-ring (bicyclic) bond motifs is 1. The van der Waals surface area contributed by atoms with Gasteiger partial charge in [-0.1, -0.05) is 0 Å². The Morgan fingerprint density at radius 2 is 1.62 bits per heavy atom. The second-order valence-electron chi connectivity index (χ2n) is 7.66. The fourth-order valence-electron chi connectivity index (χ4n) is 3.78. The predicted octanol–water partition coefficient (Wildman–Crippen LogP) is 3.31. The van der Waals surface area contributed by atoms with E-state index in [1.165, 1.54) is 23.1 Å². The number of carbonyl (C=O) groups is 1. The van der Waals surface area contributed by atoms with E-state index in [2.05, 4.69) is 20.1 Å². The molecule has 4 aromatic rings. The van der Waals surface area contributed by atoms with Crippen LogP contribution in [0.5, 0.6) is 0 Å². The summed E-state index contributed by atoms with van der Waals surface area (Å²) < 4.78 is 55.2. The third-order valence-electron chi connectivity index (χ3n) is 5.48. The number of anilines is 1. The minimum absolute atomic E-state index is 0.00445. The van der Waals surface area contributed by atoms with E-state index in [4.69, 9.17) is 0 Å². The van der Waals surface area contributed by atoms with Crippen molar-refractivity contribution in [2.75, 3.05) is 31.1 Å². The first-order valence-electron chi connectivity index (χ1n) is 10.3. The van der Waals surface area contributed by atoms with Crippen molar-refractivity contribution in [2.45, 2.75) is 6.18 Å². The monoisotopic (exact) mass is 471 g/mol.